The maximum atomic E-state index is 11.4. The van der Waals surface area contributed by atoms with Crippen molar-refractivity contribution in [3.63, 3.8) is 0 Å². The Bertz CT molecular complexity index is 532. The second-order valence-corrected chi connectivity index (χ2v) is 7.98. The number of nitrogens with zero attached hydrogens (tertiary/aromatic N) is 2. The van der Waals surface area contributed by atoms with Crippen molar-refractivity contribution in [1.29, 1.82) is 0 Å². The Morgan fingerprint density at radius 1 is 1.32 bits per heavy atom. The first kappa shape index (κ1) is 13.0. The minimum Gasteiger partial charge on any atom is -0.355 e. The van der Waals surface area contributed by atoms with Crippen LogP contribution in [-0.4, -0.2) is 36.0 Å². The number of imidazole rings is 1. The summed E-state index contributed by atoms with van der Waals surface area (Å²) in [4.78, 5) is 4.36. The molecule has 3 rings (SSSR count). The van der Waals surface area contributed by atoms with Crippen LogP contribution in [0.2, 0.25) is 0 Å². The molecule has 1 aliphatic heterocycles. The zero-order valence-corrected chi connectivity index (χ0v) is 11.9. The maximum Gasteiger partial charge on any atom is 0.203 e. The van der Waals surface area contributed by atoms with E-state index in [1.54, 1.807) is 0 Å². The lowest BCUT2D eigenvalue weighted by Gasteiger charge is -2.17. The Morgan fingerprint density at radius 3 is 2.79 bits per heavy atom. The van der Waals surface area contributed by atoms with Gasteiger partial charge in [0, 0.05) is 25.0 Å². The summed E-state index contributed by atoms with van der Waals surface area (Å²) in [5.74, 6) is 1.80. The normalized spacial score (nSPS) is 26.8. The van der Waals surface area contributed by atoms with Crippen LogP contribution in [0, 0.1) is 5.92 Å². The molecule has 0 radical (unpaired) electrons. The SMILES string of the molecule is O=S1(=O)CCC(CNc2nccn2C2CCCC2)C1. The average Bonchev–Trinajstić information content (AvgIpc) is 3.04. The van der Waals surface area contributed by atoms with Crippen LogP contribution >= 0.6 is 0 Å². The van der Waals surface area contributed by atoms with Gasteiger partial charge in [-0.3, -0.25) is 0 Å². The van der Waals surface area contributed by atoms with Crippen LogP contribution in [0.1, 0.15) is 38.1 Å². The van der Waals surface area contributed by atoms with Gasteiger partial charge in [0.2, 0.25) is 5.95 Å². The van der Waals surface area contributed by atoms with Gasteiger partial charge in [-0.25, -0.2) is 13.4 Å². The van der Waals surface area contributed by atoms with Crippen molar-refractivity contribution < 1.29 is 8.42 Å². The second-order valence-electron chi connectivity index (χ2n) is 5.75. The molecule has 6 heteroatoms. The number of hydrogen-bond acceptors (Lipinski definition) is 4. The molecule has 0 amide bonds. The van der Waals surface area contributed by atoms with Gasteiger partial charge in [0.25, 0.3) is 0 Å². The van der Waals surface area contributed by atoms with E-state index in [0.717, 1.165) is 12.4 Å². The van der Waals surface area contributed by atoms with Gasteiger partial charge in [-0.1, -0.05) is 12.8 Å². The molecule has 1 aliphatic carbocycles. The highest BCUT2D eigenvalue weighted by Crippen LogP contribution is 2.31. The van der Waals surface area contributed by atoms with Crippen LogP contribution in [0.5, 0.6) is 0 Å². The molecule has 1 aromatic heterocycles. The molecule has 1 unspecified atom stereocenters. The van der Waals surface area contributed by atoms with Crippen LogP contribution in [0.3, 0.4) is 0 Å². The van der Waals surface area contributed by atoms with Crippen LogP contribution in [0.4, 0.5) is 5.95 Å². The zero-order chi connectivity index (χ0) is 13.3. The first-order valence-electron chi connectivity index (χ1n) is 7.11. The molecule has 1 atom stereocenters. The summed E-state index contributed by atoms with van der Waals surface area (Å²) < 4.78 is 25.1. The lowest BCUT2D eigenvalue weighted by atomic mass is 10.1. The molecule has 106 valence electrons. The van der Waals surface area contributed by atoms with Gasteiger partial charge >= 0.3 is 0 Å². The summed E-state index contributed by atoms with van der Waals surface area (Å²) in [5.41, 5.74) is 0. The molecular formula is C13H21N3O2S. The van der Waals surface area contributed by atoms with Crippen LogP contribution in [0.25, 0.3) is 0 Å². The molecule has 0 spiro atoms. The lowest BCUT2D eigenvalue weighted by molar-refractivity contribution is 0.519. The number of nitrogens with one attached hydrogen (secondary N) is 1. The number of rotatable bonds is 4. The molecule has 2 fully saturated rings. The Balaban J connectivity index is 1.60. The monoisotopic (exact) mass is 283 g/mol. The first-order valence-corrected chi connectivity index (χ1v) is 8.93. The van der Waals surface area contributed by atoms with Gasteiger partial charge in [0.05, 0.1) is 11.5 Å². The molecule has 1 N–H and O–H groups in total. The smallest absolute Gasteiger partial charge is 0.203 e. The summed E-state index contributed by atoms with van der Waals surface area (Å²) in [6.07, 6.45) is 9.67. The third-order valence-corrected chi connectivity index (χ3v) is 6.10. The fraction of sp³-hybridized carbons (Fsp3) is 0.769. The minimum absolute atomic E-state index is 0.235. The molecular weight excluding hydrogens is 262 g/mol. The third kappa shape index (κ3) is 2.94. The largest absolute Gasteiger partial charge is 0.355 e. The Hall–Kier alpha value is -1.04. The fourth-order valence-corrected chi connectivity index (χ4v) is 5.06. The van der Waals surface area contributed by atoms with Crippen molar-refractivity contribution in [3.05, 3.63) is 12.4 Å². The summed E-state index contributed by atoms with van der Waals surface area (Å²) in [5, 5.41) is 3.34. The summed E-state index contributed by atoms with van der Waals surface area (Å²) in [7, 11) is -2.78. The van der Waals surface area contributed by atoms with E-state index in [1.807, 2.05) is 12.4 Å². The number of sulfone groups is 1. The van der Waals surface area contributed by atoms with Crippen molar-refractivity contribution in [2.24, 2.45) is 5.92 Å². The van der Waals surface area contributed by atoms with E-state index in [-0.39, 0.29) is 5.92 Å². The highest BCUT2D eigenvalue weighted by molar-refractivity contribution is 7.91. The molecule has 1 saturated carbocycles. The van der Waals surface area contributed by atoms with Gasteiger partial charge in [-0.2, -0.15) is 0 Å². The van der Waals surface area contributed by atoms with E-state index >= 15 is 0 Å². The predicted octanol–water partition coefficient (Wildman–Crippen LogP) is 1.84. The van der Waals surface area contributed by atoms with E-state index in [0.29, 0.717) is 24.1 Å². The molecule has 5 nitrogen and oxygen atoms in total. The van der Waals surface area contributed by atoms with Crippen molar-refractivity contribution in [3.8, 4) is 0 Å². The molecule has 1 saturated heterocycles. The van der Waals surface area contributed by atoms with Gasteiger partial charge in [-0.15, -0.1) is 0 Å². The van der Waals surface area contributed by atoms with Crippen molar-refractivity contribution in [1.82, 2.24) is 9.55 Å². The van der Waals surface area contributed by atoms with E-state index in [1.165, 1.54) is 25.7 Å². The first-order chi connectivity index (χ1) is 9.14. The Labute approximate surface area is 114 Å². The number of aromatic nitrogens is 2. The second kappa shape index (κ2) is 5.15. The van der Waals surface area contributed by atoms with E-state index < -0.39 is 9.84 Å². The molecule has 19 heavy (non-hydrogen) atoms. The fourth-order valence-electron chi connectivity index (χ4n) is 3.20. The maximum absolute atomic E-state index is 11.4. The molecule has 0 aromatic carbocycles. The minimum atomic E-state index is -2.78. The summed E-state index contributed by atoms with van der Waals surface area (Å²) in [6, 6.07) is 0.567. The van der Waals surface area contributed by atoms with Crippen molar-refractivity contribution in [2.45, 2.75) is 38.1 Å². The van der Waals surface area contributed by atoms with E-state index in [2.05, 4.69) is 14.9 Å². The van der Waals surface area contributed by atoms with Gasteiger partial charge < -0.3 is 9.88 Å². The quantitative estimate of drug-likeness (QED) is 0.916. The Kier molecular flexibility index (Phi) is 3.52. The average molecular weight is 283 g/mol. The van der Waals surface area contributed by atoms with Crippen LogP contribution < -0.4 is 5.32 Å². The Morgan fingerprint density at radius 2 is 2.11 bits per heavy atom. The number of anilines is 1. The van der Waals surface area contributed by atoms with Gasteiger partial charge in [0.1, 0.15) is 0 Å². The van der Waals surface area contributed by atoms with E-state index in [4.69, 9.17) is 0 Å². The molecule has 2 aliphatic rings. The lowest BCUT2D eigenvalue weighted by Crippen LogP contribution is -2.19. The van der Waals surface area contributed by atoms with Crippen LogP contribution in [-0.2, 0) is 9.84 Å². The topological polar surface area (TPSA) is 64.0 Å². The highest BCUT2D eigenvalue weighted by atomic mass is 32.2. The summed E-state index contributed by atoms with van der Waals surface area (Å²) >= 11 is 0. The third-order valence-electron chi connectivity index (χ3n) is 4.26. The zero-order valence-electron chi connectivity index (χ0n) is 11.1. The summed E-state index contributed by atoms with van der Waals surface area (Å²) in [6.45, 7) is 0.711. The van der Waals surface area contributed by atoms with Crippen LogP contribution in [0.15, 0.2) is 12.4 Å². The van der Waals surface area contributed by atoms with Crippen molar-refractivity contribution >= 4 is 15.8 Å². The van der Waals surface area contributed by atoms with Crippen molar-refractivity contribution in [2.75, 3.05) is 23.4 Å². The predicted molar refractivity (Wildman–Crippen MR) is 75.0 cm³/mol. The standard InChI is InChI=1S/C13H21N3O2S/c17-19(18)8-5-11(10-19)9-15-13-14-6-7-16(13)12-3-1-2-4-12/h6-7,11-12H,1-5,8-10H2,(H,14,15). The molecule has 0 bridgehead atoms. The molecule has 2 heterocycles. The highest BCUT2D eigenvalue weighted by Gasteiger charge is 2.28. The van der Waals surface area contributed by atoms with E-state index in [9.17, 15) is 8.42 Å². The number of hydrogen-bond donors (Lipinski definition) is 1. The molecule has 1 aromatic rings. The van der Waals surface area contributed by atoms with Gasteiger partial charge in [0.15, 0.2) is 9.84 Å². The van der Waals surface area contributed by atoms with Gasteiger partial charge in [-0.05, 0) is 25.2 Å².